The molecule has 0 bridgehead atoms. The summed E-state index contributed by atoms with van der Waals surface area (Å²) in [6.07, 6.45) is 1.53. The summed E-state index contributed by atoms with van der Waals surface area (Å²) in [5.41, 5.74) is 1.90. The Hall–Kier alpha value is -2.66. The topological polar surface area (TPSA) is 45.2 Å². The van der Waals surface area contributed by atoms with E-state index in [-0.39, 0.29) is 5.91 Å². The molecular formula is C19H17ClFN3O. The van der Waals surface area contributed by atoms with Crippen LogP contribution in [0.25, 0.3) is 10.8 Å². The van der Waals surface area contributed by atoms with Crippen molar-refractivity contribution < 1.29 is 9.18 Å². The number of nitrogens with zero attached hydrogens (tertiary/aromatic N) is 2. The highest BCUT2D eigenvalue weighted by atomic mass is 35.5. The number of aromatic nitrogens is 1. The monoisotopic (exact) mass is 357 g/mol. The zero-order valence-corrected chi connectivity index (χ0v) is 14.9. The predicted molar refractivity (Wildman–Crippen MR) is 99.2 cm³/mol. The number of carbonyl (C=O) groups is 1. The smallest absolute Gasteiger partial charge is 0.255 e. The lowest BCUT2D eigenvalue weighted by atomic mass is 10.0. The van der Waals surface area contributed by atoms with E-state index in [2.05, 4.69) is 10.3 Å². The quantitative estimate of drug-likeness (QED) is 0.733. The van der Waals surface area contributed by atoms with Gasteiger partial charge < -0.3 is 10.2 Å². The number of halogens is 2. The molecule has 0 fully saturated rings. The Kier molecular flexibility index (Phi) is 4.59. The van der Waals surface area contributed by atoms with Crippen molar-refractivity contribution in [1.82, 2.24) is 9.88 Å². The van der Waals surface area contributed by atoms with E-state index in [0.717, 1.165) is 16.3 Å². The Morgan fingerprint density at radius 2 is 2.00 bits per heavy atom. The van der Waals surface area contributed by atoms with E-state index in [4.69, 9.17) is 11.6 Å². The number of pyridine rings is 1. The molecule has 0 aliphatic heterocycles. The van der Waals surface area contributed by atoms with Crippen LogP contribution in [0.4, 0.5) is 15.9 Å². The molecule has 4 nitrogen and oxygen atoms in total. The molecule has 3 rings (SSSR count). The number of amides is 1. The number of nitrogens with one attached hydrogen (secondary N) is 1. The minimum atomic E-state index is -0.396. The Balaban J connectivity index is 2.18. The van der Waals surface area contributed by atoms with E-state index in [0.29, 0.717) is 22.1 Å². The van der Waals surface area contributed by atoms with Crippen LogP contribution >= 0.6 is 11.6 Å². The Morgan fingerprint density at radius 3 is 2.72 bits per heavy atom. The van der Waals surface area contributed by atoms with Crippen molar-refractivity contribution in [2.45, 2.75) is 6.92 Å². The normalized spacial score (nSPS) is 10.8. The summed E-state index contributed by atoms with van der Waals surface area (Å²) in [5, 5.41) is 5.04. The number of aryl methyl sites for hydroxylation is 1. The summed E-state index contributed by atoms with van der Waals surface area (Å²) < 4.78 is 13.5. The van der Waals surface area contributed by atoms with Crippen LogP contribution in [-0.2, 0) is 0 Å². The van der Waals surface area contributed by atoms with Crippen molar-refractivity contribution in [3.05, 3.63) is 64.6 Å². The second kappa shape index (κ2) is 6.69. The van der Waals surface area contributed by atoms with Gasteiger partial charge in [-0.05, 0) is 30.7 Å². The molecule has 0 aliphatic carbocycles. The summed E-state index contributed by atoms with van der Waals surface area (Å²) >= 11 is 6.13. The van der Waals surface area contributed by atoms with Crippen molar-refractivity contribution in [3.63, 3.8) is 0 Å². The maximum absolute atomic E-state index is 13.5. The summed E-state index contributed by atoms with van der Waals surface area (Å²) in [5.74, 6) is -0.00423. The maximum Gasteiger partial charge on any atom is 0.255 e. The van der Waals surface area contributed by atoms with Gasteiger partial charge in [0.2, 0.25) is 0 Å². The molecule has 0 saturated carbocycles. The van der Waals surface area contributed by atoms with E-state index < -0.39 is 5.82 Å². The number of carbonyl (C=O) groups excluding carboxylic acids is 1. The van der Waals surface area contributed by atoms with Crippen LogP contribution in [0.15, 0.2) is 42.6 Å². The molecule has 6 heteroatoms. The fourth-order valence-electron chi connectivity index (χ4n) is 2.71. The second-order valence-corrected chi connectivity index (χ2v) is 6.37. The minimum absolute atomic E-state index is 0.123. The number of benzene rings is 2. The molecule has 0 spiro atoms. The standard InChI is InChI=1S/C19H17ClFN3O/c1-11-5-4-6-13-17(11)14(19(25)24(2)3)10-22-18(13)23-16-9-12(21)7-8-15(16)20/h4-10H,1-3H3,(H,22,23). The summed E-state index contributed by atoms with van der Waals surface area (Å²) in [7, 11) is 3.40. The summed E-state index contributed by atoms with van der Waals surface area (Å²) in [6.45, 7) is 1.94. The van der Waals surface area contributed by atoms with Crippen LogP contribution in [0.3, 0.4) is 0 Å². The van der Waals surface area contributed by atoms with Crippen LogP contribution in [0, 0.1) is 12.7 Å². The maximum atomic E-state index is 13.5. The molecule has 128 valence electrons. The highest BCUT2D eigenvalue weighted by Crippen LogP contribution is 2.32. The molecule has 0 atom stereocenters. The van der Waals surface area contributed by atoms with Gasteiger partial charge in [-0.1, -0.05) is 29.8 Å². The molecule has 1 aromatic heterocycles. The van der Waals surface area contributed by atoms with Gasteiger partial charge in [0.05, 0.1) is 16.3 Å². The van der Waals surface area contributed by atoms with Crippen LogP contribution in [0.5, 0.6) is 0 Å². The van der Waals surface area contributed by atoms with Gasteiger partial charge in [-0.3, -0.25) is 4.79 Å². The highest BCUT2D eigenvalue weighted by Gasteiger charge is 2.17. The van der Waals surface area contributed by atoms with Crippen LogP contribution in [0.1, 0.15) is 15.9 Å². The van der Waals surface area contributed by atoms with E-state index in [1.807, 2.05) is 25.1 Å². The van der Waals surface area contributed by atoms with Crippen molar-refractivity contribution in [1.29, 1.82) is 0 Å². The lowest BCUT2D eigenvalue weighted by Gasteiger charge is -2.16. The third-order valence-corrected chi connectivity index (χ3v) is 4.27. The number of hydrogen-bond donors (Lipinski definition) is 1. The SMILES string of the molecule is Cc1cccc2c(Nc3cc(F)ccc3Cl)ncc(C(=O)N(C)C)c12. The first-order chi connectivity index (χ1) is 11.9. The average molecular weight is 358 g/mol. The molecule has 25 heavy (non-hydrogen) atoms. The first-order valence-electron chi connectivity index (χ1n) is 7.70. The van der Waals surface area contributed by atoms with Gasteiger partial charge in [-0.15, -0.1) is 0 Å². The fourth-order valence-corrected chi connectivity index (χ4v) is 2.87. The molecule has 0 unspecified atom stereocenters. The van der Waals surface area contributed by atoms with Crippen LogP contribution < -0.4 is 5.32 Å². The lowest BCUT2D eigenvalue weighted by molar-refractivity contribution is 0.0829. The molecule has 0 aliphatic rings. The Morgan fingerprint density at radius 1 is 1.24 bits per heavy atom. The summed E-state index contributed by atoms with van der Waals surface area (Å²) in [6, 6.07) is 9.79. The van der Waals surface area contributed by atoms with Crippen LogP contribution in [-0.4, -0.2) is 29.9 Å². The number of fused-ring (bicyclic) bond motifs is 1. The molecule has 1 heterocycles. The van der Waals surface area contributed by atoms with Gasteiger partial charge in [0.15, 0.2) is 0 Å². The van der Waals surface area contributed by atoms with Crippen molar-refractivity contribution >= 4 is 39.8 Å². The highest BCUT2D eigenvalue weighted by molar-refractivity contribution is 6.33. The molecule has 3 aromatic rings. The lowest BCUT2D eigenvalue weighted by Crippen LogP contribution is -2.22. The minimum Gasteiger partial charge on any atom is -0.345 e. The molecule has 0 radical (unpaired) electrons. The average Bonchev–Trinajstić information content (AvgIpc) is 2.58. The van der Waals surface area contributed by atoms with E-state index in [9.17, 15) is 9.18 Å². The predicted octanol–water partition coefficient (Wildman–Crippen LogP) is 4.78. The van der Waals surface area contributed by atoms with Gasteiger partial charge >= 0.3 is 0 Å². The zero-order valence-electron chi connectivity index (χ0n) is 14.1. The molecule has 2 aromatic carbocycles. The van der Waals surface area contributed by atoms with Gasteiger partial charge in [0, 0.05) is 31.1 Å². The van der Waals surface area contributed by atoms with E-state index in [1.165, 1.54) is 29.3 Å². The Bertz CT molecular complexity index is 972. The van der Waals surface area contributed by atoms with Gasteiger partial charge in [-0.25, -0.2) is 9.37 Å². The first kappa shape index (κ1) is 17.2. The largest absolute Gasteiger partial charge is 0.345 e. The third kappa shape index (κ3) is 3.28. The van der Waals surface area contributed by atoms with Crippen molar-refractivity contribution in [2.24, 2.45) is 0 Å². The molecule has 1 N–H and O–H groups in total. The van der Waals surface area contributed by atoms with Gasteiger partial charge in [-0.2, -0.15) is 0 Å². The van der Waals surface area contributed by atoms with Crippen molar-refractivity contribution in [2.75, 3.05) is 19.4 Å². The van der Waals surface area contributed by atoms with Gasteiger partial charge in [0.25, 0.3) is 5.91 Å². The van der Waals surface area contributed by atoms with E-state index in [1.54, 1.807) is 14.1 Å². The number of hydrogen-bond acceptors (Lipinski definition) is 3. The van der Waals surface area contributed by atoms with Crippen LogP contribution in [0.2, 0.25) is 5.02 Å². The van der Waals surface area contributed by atoms with Crippen molar-refractivity contribution in [3.8, 4) is 0 Å². The summed E-state index contributed by atoms with van der Waals surface area (Å²) in [4.78, 5) is 18.4. The Labute approximate surface area is 150 Å². The van der Waals surface area contributed by atoms with Gasteiger partial charge in [0.1, 0.15) is 11.6 Å². The number of rotatable bonds is 3. The molecule has 0 saturated heterocycles. The third-order valence-electron chi connectivity index (χ3n) is 3.94. The second-order valence-electron chi connectivity index (χ2n) is 5.97. The first-order valence-corrected chi connectivity index (χ1v) is 8.08. The number of anilines is 2. The molecule has 1 amide bonds. The molecular weight excluding hydrogens is 341 g/mol. The fraction of sp³-hybridized carbons (Fsp3) is 0.158. The zero-order chi connectivity index (χ0) is 18.1. The van der Waals surface area contributed by atoms with E-state index >= 15 is 0 Å².